The van der Waals surface area contributed by atoms with Crippen molar-refractivity contribution < 1.29 is 4.39 Å². The van der Waals surface area contributed by atoms with E-state index in [0.29, 0.717) is 6.04 Å². The van der Waals surface area contributed by atoms with Crippen LogP contribution in [0.4, 0.5) is 10.2 Å². The molecule has 0 unspecified atom stereocenters. The lowest BCUT2D eigenvalue weighted by Gasteiger charge is -2.28. The lowest BCUT2D eigenvalue weighted by molar-refractivity contribution is 0.336. The molecular weight excluding hydrogens is 217 g/mol. The van der Waals surface area contributed by atoms with E-state index in [-0.39, 0.29) is 5.82 Å². The minimum absolute atomic E-state index is 0.280. The maximum absolute atomic E-state index is 12.9. The molecule has 0 amide bonds. The van der Waals surface area contributed by atoms with Crippen LogP contribution in [0.2, 0.25) is 0 Å². The largest absolute Gasteiger partial charge is 0.368 e. The third-order valence-corrected chi connectivity index (χ3v) is 3.32. The molecule has 2 N–H and O–H groups in total. The Balaban J connectivity index is 1.85. The van der Waals surface area contributed by atoms with Crippen molar-refractivity contribution in [3.05, 3.63) is 23.6 Å². The molecule has 2 heterocycles. The Labute approximate surface area is 102 Å². The number of anilines is 1. The summed E-state index contributed by atoms with van der Waals surface area (Å²) in [5.41, 5.74) is 0.856. The van der Waals surface area contributed by atoms with E-state index in [0.717, 1.165) is 30.4 Å². The lowest BCUT2D eigenvalue weighted by atomic mass is 9.96. The van der Waals surface area contributed by atoms with Crippen molar-refractivity contribution in [1.29, 1.82) is 0 Å². The van der Waals surface area contributed by atoms with Crippen LogP contribution in [-0.2, 0) is 0 Å². The minimum atomic E-state index is -0.280. The molecule has 2 rings (SSSR count). The van der Waals surface area contributed by atoms with Gasteiger partial charge in [-0.1, -0.05) is 6.92 Å². The number of pyridine rings is 1. The second kappa shape index (κ2) is 5.45. The smallest absolute Gasteiger partial charge is 0.141 e. The second-order valence-corrected chi connectivity index (χ2v) is 4.99. The van der Waals surface area contributed by atoms with Crippen molar-refractivity contribution in [2.45, 2.75) is 32.7 Å². The molecule has 1 fully saturated rings. The first kappa shape index (κ1) is 12.3. The van der Waals surface area contributed by atoms with E-state index in [1.54, 1.807) is 0 Å². The predicted molar refractivity (Wildman–Crippen MR) is 67.6 cm³/mol. The van der Waals surface area contributed by atoms with Gasteiger partial charge in [-0.25, -0.2) is 9.37 Å². The van der Waals surface area contributed by atoms with Gasteiger partial charge >= 0.3 is 0 Å². The molecule has 3 nitrogen and oxygen atoms in total. The highest BCUT2D eigenvalue weighted by Crippen LogP contribution is 2.15. The zero-order valence-electron chi connectivity index (χ0n) is 10.5. The lowest BCUT2D eigenvalue weighted by Crippen LogP contribution is -2.42. The first-order valence-electron chi connectivity index (χ1n) is 6.24. The van der Waals surface area contributed by atoms with Crippen molar-refractivity contribution in [2.75, 3.05) is 18.4 Å². The van der Waals surface area contributed by atoms with Crippen molar-refractivity contribution in [3.8, 4) is 0 Å². The first-order chi connectivity index (χ1) is 8.15. The molecule has 0 spiro atoms. The number of nitrogens with one attached hydrogen (secondary N) is 2. The Kier molecular flexibility index (Phi) is 3.94. The number of nitrogens with zero attached hydrogens (tertiary/aromatic N) is 1. The third kappa shape index (κ3) is 3.40. The van der Waals surface area contributed by atoms with Crippen molar-refractivity contribution in [3.63, 3.8) is 0 Å². The van der Waals surface area contributed by atoms with Crippen LogP contribution in [0.3, 0.4) is 0 Å². The number of rotatable bonds is 3. The van der Waals surface area contributed by atoms with Crippen LogP contribution in [0.15, 0.2) is 12.3 Å². The Bertz CT molecular complexity index is 373. The molecule has 1 aliphatic rings. The molecule has 0 aliphatic carbocycles. The van der Waals surface area contributed by atoms with Gasteiger partial charge in [0.15, 0.2) is 0 Å². The fourth-order valence-corrected chi connectivity index (χ4v) is 2.18. The number of hydrogen-bond donors (Lipinski definition) is 2. The molecule has 94 valence electrons. The average molecular weight is 237 g/mol. The molecule has 0 radical (unpaired) electrons. The predicted octanol–water partition coefficient (Wildman–Crippen LogP) is 2.33. The Morgan fingerprint density at radius 3 is 3.00 bits per heavy atom. The molecule has 1 aromatic rings. The maximum Gasteiger partial charge on any atom is 0.141 e. The van der Waals surface area contributed by atoms with Crippen LogP contribution in [0.25, 0.3) is 0 Å². The minimum Gasteiger partial charge on any atom is -0.368 e. The van der Waals surface area contributed by atoms with Crippen LogP contribution in [0, 0.1) is 18.7 Å². The highest BCUT2D eigenvalue weighted by atomic mass is 19.1. The Hall–Kier alpha value is -1.16. The highest BCUT2D eigenvalue weighted by Gasteiger charge is 2.17. The molecule has 17 heavy (non-hydrogen) atoms. The number of halogens is 1. The number of aromatic nitrogens is 1. The summed E-state index contributed by atoms with van der Waals surface area (Å²) < 4.78 is 12.9. The van der Waals surface area contributed by atoms with E-state index in [2.05, 4.69) is 22.5 Å². The summed E-state index contributed by atoms with van der Waals surface area (Å²) in [6.45, 7) is 6.07. The first-order valence-corrected chi connectivity index (χ1v) is 6.24. The summed E-state index contributed by atoms with van der Waals surface area (Å²) in [7, 11) is 0. The summed E-state index contributed by atoms with van der Waals surface area (Å²) in [6, 6.07) is 2.00. The normalized spacial score (nSPS) is 24.6. The van der Waals surface area contributed by atoms with E-state index >= 15 is 0 Å². The quantitative estimate of drug-likeness (QED) is 0.847. The zero-order chi connectivity index (χ0) is 12.3. The molecule has 2 atom stereocenters. The van der Waals surface area contributed by atoms with Gasteiger partial charge in [0.25, 0.3) is 0 Å². The second-order valence-electron chi connectivity index (χ2n) is 4.99. The van der Waals surface area contributed by atoms with Gasteiger partial charge in [-0.05, 0) is 43.9 Å². The number of piperidine rings is 1. The molecule has 1 aliphatic heterocycles. The summed E-state index contributed by atoms with van der Waals surface area (Å²) in [6.07, 6.45) is 3.72. The topological polar surface area (TPSA) is 37.0 Å². The van der Waals surface area contributed by atoms with E-state index in [1.165, 1.54) is 25.1 Å². The molecule has 0 saturated carbocycles. The van der Waals surface area contributed by atoms with Crippen molar-refractivity contribution in [2.24, 2.45) is 5.92 Å². The fraction of sp³-hybridized carbons (Fsp3) is 0.615. The van der Waals surface area contributed by atoms with Gasteiger partial charge in [0.1, 0.15) is 11.6 Å². The number of aryl methyl sites for hydroxylation is 1. The molecule has 4 heteroatoms. The molecule has 1 aromatic heterocycles. The Morgan fingerprint density at radius 1 is 1.53 bits per heavy atom. The maximum atomic E-state index is 12.9. The van der Waals surface area contributed by atoms with E-state index in [9.17, 15) is 4.39 Å². The van der Waals surface area contributed by atoms with Gasteiger partial charge in [-0.3, -0.25) is 0 Å². The Morgan fingerprint density at radius 2 is 2.35 bits per heavy atom. The monoisotopic (exact) mass is 237 g/mol. The van der Waals surface area contributed by atoms with Crippen molar-refractivity contribution in [1.82, 2.24) is 10.3 Å². The zero-order valence-corrected chi connectivity index (χ0v) is 10.5. The van der Waals surface area contributed by atoms with Gasteiger partial charge < -0.3 is 10.6 Å². The van der Waals surface area contributed by atoms with E-state index in [4.69, 9.17) is 0 Å². The number of hydrogen-bond acceptors (Lipinski definition) is 3. The van der Waals surface area contributed by atoms with Crippen LogP contribution >= 0.6 is 0 Å². The summed E-state index contributed by atoms with van der Waals surface area (Å²) >= 11 is 0. The molecule has 0 aromatic carbocycles. The van der Waals surface area contributed by atoms with Crippen LogP contribution in [0.5, 0.6) is 0 Å². The molecular formula is C13H20FN3. The third-order valence-electron chi connectivity index (χ3n) is 3.32. The van der Waals surface area contributed by atoms with Gasteiger partial charge in [0.05, 0.1) is 6.20 Å². The van der Waals surface area contributed by atoms with Gasteiger partial charge in [-0.15, -0.1) is 0 Å². The summed E-state index contributed by atoms with van der Waals surface area (Å²) in [4.78, 5) is 4.06. The molecule has 1 saturated heterocycles. The summed E-state index contributed by atoms with van der Waals surface area (Å²) in [5.74, 6) is 1.28. The van der Waals surface area contributed by atoms with Gasteiger partial charge in [-0.2, -0.15) is 0 Å². The fourth-order valence-electron chi connectivity index (χ4n) is 2.18. The van der Waals surface area contributed by atoms with Crippen LogP contribution in [0.1, 0.15) is 25.3 Å². The van der Waals surface area contributed by atoms with E-state index < -0.39 is 0 Å². The van der Waals surface area contributed by atoms with Gasteiger partial charge in [0, 0.05) is 12.6 Å². The standard InChI is InChI=1S/C13H20FN3/c1-9-3-4-12(15-6-9)8-17-13-10(2)5-11(14)7-16-13/h5,7,9,12,15H,3-4,6,8H2,1-2H3,(H,16,17)/t9-,12-/m0/s1. The average Bonchev–Trinajstić information content (AvgIpc) is 2.30. The van der Waals surface area contributed by atoms with E-state index in [1.807, 2.05) is 6.92 Å². The summed E-state index contributed by atoms with van der Waals surface area (Å²) in [5, 5.41) is 6.79. The SMILES string of the molecule is Cc1cc(F)cnc1NC[C@@H]1CC[C@H](C)CN1. The molecule has 0 bridgehead atoms. The van der Waals surface area contributed by atoms with Gasteiger partial charge in [0.2, 0.25) is 0 Å². The van der Waals surface area contributed by atoms with Crippen molar-refractivity contribution >= 4 is 5.82 Å². The van der Waals surface area contributed by atoms with Crippen LogP contribution in [-0.4, -0.2) is 24.1 Å². The highest BCUT2D eigenvalue weighted by molar-refractivity contribution is 5.42. The van der Waals surface area contributed by atoms with Crippen LogP contribution < -0.4 is 10.6 Å².